The van der Waals surface area contributed by atoms with Crippen molar-refractivity contribution in [1.29, 1.82) is 0 Å². The molecular weight excluding hydrogens is 289 g/mol. The van der Waals surface area contributed by atoms with Gasteiger partial charge in [0.1, 0.15) is 5.82 Å². The van der Waals surface area contributed by atoms with Crippen LogP contribution in [0.1, 0.15) is 29.3 Å². The molecule has 0 saturated heterocycles. The Labute approximate surface area is 128 Å². The molecule has 1 aliphatic heterocycles. The third kappa shape index (κ3) is 2.54. The molecule has 2 nitrogen and oxygen atoms in total. The SMILES string of the molecule is CC1CCc2ccccc2N1C(=O)c1cc(Cl)ccc1F. The highest BCUT2D eigenvalue weighted by molar-refractivity contribution is 6.31. The molecular formula is C17H15ClFNO. The minimum atomic E-state index is -0.542. The number of hydrogen-bond acceptors (Lipinski definition) is 1. The summed E-state index contributed by atoms with van der Waals surface area (Å²) in [7, 11) is 0. The van der Waals surface area contributed by atoms with Gasteiger partial charge in [-0.2, -0.15) is 0 Å². The van der Waals surface area contributed by atoms with E-state index in [9.17, 15) is 9.18 Å². The van der Waals surface area contributed by atoms with Gasteiger partial charge in [0.05, 0.1) is 5.56 Å². The number of para-hydroxylation sites is 1. The Balaban J connectivity index is 2.07. The monoisotopic (exact) mass is 303 g/mol. The summed E-state index contributed by atoms with van der Waals surface area (Å²) in [6.45, 7) is 1.98. The Bertz CT molecular complexity index is 701. The summed E-state index contributed by atoms with van der Waals surface area (Å²) in [6.07, 6.45) is 1.80. The Morgan fingerprint density at radius 3 is 2.86 bits per heavy atom. The summed E-state index contributed by atoms with van der Waals surface area (Å²) in [6, 6.07) is 11.9. The van der Waals surface area contributed by atoms with Crippen molar-refractivity contribution < 1.29 is 9.18 Å². The third-order valence-corrected chi connectivity index (χ3v) is 4.14. The number of carbonyl (C=O) groups excluding carboxylic acids is 1. The van der Waals surface area contributed by atoms with E-state index in [1.54, 1.807) is 4.90 Å². The molecule has 1 heterocycles. The molecule has 0 N–H and O–H groups in total. The van der Waals surface area contributed by atoms with Crippen molar-refractivity contribution in [2.24, 2.45) is 0 Å². The first-order valence-electron chi connectivity index (χ1n) is 6.94. The fraction of sp³-hybridized carbons (Fsp3) is 0.235. The first-order valence-corrected chi connectivity index (χ1v) is 7.32. The quantitative estimate of drug-likeness (QED) is 0.761. The Kier molecular flexibility index (Phi) is 3.68. The number of rotatable bonds is 1. The number of benzene rings is 2. The van der Waals surface area contributed by atoms with Crippen LogP contribution in [0.15, 0.2) is 42.5 Å². The van der Waals surface area contributed by atoms with Crippen LogP contribution in [0.25, 0.3) is 0 Å². The minimum Gasteiger partial charge on any atom is -0.305 e. The number of hydrogen-bond donors (Lipinski definition) is 0. The van der Waals surface area contributed by atoms with Crippen LogP contribution in [-0.4, -0.2) is 11.9 Å². The van der Waals surface area contributed by atoms with Crippen LogP contribution in [0.5, 0.6) is 0 Å². The second kappa shape index (κ2) is 5.49. The molecule has 0 fully saturated rings. The number of anilines is 1. The molecule has 1 aliphatic rings. The van der Waals surface area contributed by atoms with E-state index < -0.39 is 5.82 Å². The van der Waals surface area contributed by atoms with E-state index in [-0.39, 0.29) is 17.5 Å². The summed E-state index contributed by atoms with van der Waals surface area (Å²) in [5, 5.41) is 0.359. The summed E-state index contributed by atoms with van der Waals surface area (Å²) >= 11 is 5.90. The third-order valence-electron chi connectivity index (χ3n) is 3.90. The van der Waals surface area contributed by atoms with Gasteiger partial charge in [-0.3, -0.25) is 4.79 Å². The van der Waals surface area contributed by atoms with Gasteiger partial charge in [0.2, 0.25) is 0 Å². The molecule has 0 aromatic heterocycles. The number of nitrogens with zero attached hydrogens (tertiary/aromatic N) is 1. The second-order valence-corrected chi connectivity index (χ2v) is 5.75. The van der Waals surface area contributed by atoms with Crippen molar-refractivity contribution in [2.75, 3.05) is 4.90 Å². The van der Waals surface area contributed by atoms with Gasteiger partial charge < -0.3 is 4.90 Å². The fourth-order valence-electron chi connectivity index (χ4n) is 2.79. The van der Waals surface area contributed by atoms with Crippen LogP contribution in [0.2, 0.25) is 5.02 Å². The lowest BCUT2D eigenvalue weighted by molar-refractivity contribution is 0.0971. The average molecular weight is 304 g/mol. The van der Waals surface area contributed by atoms with E-state index in [0.717, 1.165) is 24.1 Å². The van der Waals surface area contributed by atoms with Crippen molar-refractivity contribution in [1.82, 2.24) is 0 Å². The van der Waals surface area contributed by atoms with Gasteiger partial charge in [0.25, 0.3) is 5.91 Å². The molecule has 108 valence electrons. The molecule has 21 heavy (non-hydrogen) atoms. The summed E-state index contributed by atoms with van der Waals surface area (Å²) in [5.74, 6) is -0.880. The number of fused-ring (bicyclic) bond motifs is 1. The highest BCUT2D eigenvalue weighted by Gasteiger charge is 2.30. The zero-order chi connectivity index (χ0) is 15.0. The van der Waals surface area contributed by atoms with Crippen LogP contribution in [0.3, 0.4) is 0 Å². The zero-order valence-electron chi connectivity index (χ0n) is 11.6. The Morgan fingerprint density at radius 2 is 2.05 bits per heavy atom. The number of carbonyl (C=O) groups is 1. The molecule has 1 atom stereocenters. The summed E-state index contributed by atoms with van der Waals surface area (Å²) < 4.78 is 14.0. The van der Waals surface area contributed by atoms with E-state index in [0.29, 0.717) is 5.02 Å². The maximum atomic E-state index is 14.0. The summed E-state index contributed by atoms with van der Waals surface area (Å²) in [4.78, 5) is 14.4. The molecule has 2 aromatic rings. The maximum absolute atomic E-state index is 14.0. The highest BCUT2D eigenvalue weighted by atomic mass is 35.5. The topological polar surface area (TPSA) is 20.3 Å². The van der Waals surface area contributed by atoms with E-state index in [2.05, 4.69) is 0 Å². The molecule has 0 saturated carbocycles. The Morgan fingerprint density at radius 1 is 1.29 bits per heavy atom. The van der Waals surface area contributed by atoms with Gasteiger partial charge in [0.15, 0.2) is 0 Å². The average Bonchev–Trinajstić information content (AvgIpc) is 2.49. The molecule has 0 aliphatic carbocycles. The van der Waals surface area contributed by atoms with Gasteiger partial charge in [-0.25, -0.2) is 4.39 Å². The molecule has 1 amide bonds. The van der Waals surface area contributed by atoms with Gasteiger partial charge in [0, 0.05) is 16.8 Å². The molecule has 0 bridgehead atoms. The fourth-order valence-corrected chi connectivity index (χ4v) is 2.96. The lowest BCUT2D eigenvalue weighted by Crippen LogP contribution is -2.42. The van der Waals surface area contributed by atoms with Crippen molar-refractivity contribution in [3.8, 4) is 0 Å². The van der Waals surface area contributed by atoms with Gasteiger partial charge in [-0.15, -0.1) is 0 Å². The molecule has 1 unspecified atom stereocenters. The normalized spacial score (nSPS) is 17.5. The largest absolute Gasteiger partial charge is 0.305 e. The van der Waals surface area contributed by atoms with Crippen LogP contribution >= 0.6 is 11.6 Å². The molecule has 2 aromatic carbocycles. The molecule has 0 spiro atoms. The molecule has 3 rings (SSSR count). The number of amides is 1. The van der Waals surface area contributed by atoms with Gasteiger partial charge in [-0.05, 0) is 49.6 Å². The first-order chi connectivity index (χ1) is 10.1. The van der Waals surface area contributed by atoms with E-state index >= 15 is 0 Å². The van der Waals surface area contributed by atoms with Crippen molar-refractivity contribution in [3.63, 3.8) is 0 Å². The first kappa shape index (κ1) is 14.1. The lowest BCUT2D eigenvalue weighted by atomic mass is 9.95. The highest BCUT2D eigenvalue weighted by Crippen LogP contribution is 2.32. The maximum Gasteiger partial charge on any atom is 0.261 e. The van der Waals surface area contributed by atoms with E-state index in [1.165, 1.54) is 18.2 Å². The van der Waals surface area contributed by atoms with Crippen molar-refractivity contribution >= 4 is 23.2 Å². The van der Waals surface area contributed by atoms with E-state index in [1.807, 2.05) is 31.2 Å². The van der Waals surface area contributed by atoms with Crippen LogP contribution in [0, 0.1) is 5.82 Å². The van der Waals surface area contributed by atoms with Gasteiger partial charge >= 0.3 is 0 Å². The number of aryl methyl sites for hydroxylation is 1. The second-order valence-electron chi connectivity index (χ2n) is 5.32. The number of halogens is 2. The zero-order valence-corrected chi connectivity index (χ0v) is 12.4. The predicted octanol–water partition coefficient (Wildman–Crippen LogP) is 4.46. The predicted molar refractivity (Wildman–Crippen MR) is 82.4 cm³/mol. The smallest absolute Gasteiger partial charge is 0.261 e. The van der Waals surface area contributed by atoms with E-state index in [4.69, 9.17) is 11.6 Å². The molecule has 0 radical (unpaired) electrons. The van der Waals surface area contributed by atoms with Crippen molar-refractivity contribution in [2.45, 2.75) is 25.8 Å². The lowest BCUT2D eigenvalue weighted by Gasteiger charge is -2.35. The standard InChI is InChI=1S/C17H15ClFNO/c1-11-6-7-12-4-2-3-5-16(12)20(11)17(21)14-10-13(18)8-9-15(14)19/h2-5,8-11H,6-7H2,1H3. The van der Waals surface area contributed by atoms with Gasteiger partial charge in [-0.1, -0.05) is 29.8 Å². The van der Waals surface area contributed by atoms with Crippen LogP contribution < -0.4 is 4.90 Å². The Hall–Kier alpha value is -1.87. The van der Waals surface area contributed by atoms with Crippen LogP contribution in [-0.2, 0) is 6.42 Å². The summed E-state index contributed by atoms with van der Waals surface area (Å²) in [5.41, 5.74) is 2.00. The van der Waals surface area contributed by atoms with Crippen LogP contribution in [0.4, 0.5) is 10.1 Å². The van der Waals surface area contributed by atoms with Crippen molar-refractivity contribution in [3.05, 3.63) is 64.4 Å². The molecule has 4 heteroatoms. The minimum absolute atomic E-state index is 0.0195.